The van der Waals surface area contributed by atoms with E-state index in [-0.39, 0.29) is 54.3 Å². The maximum Gasteiger partial charge on any atom is 0.311 e. The third-order valence-corrected chi connectivity index (χ3v) is 10.3. The van der Waals surface area contributed by atoms with Crippen molar-refractivity contribution in [1.29, 1.82) is 0 Å². The van der Waals surface area contributed by atoms with Crippen LogP contribution in [0, 0.1) is 48.9 Å². The lowest BCUT2D eigenvalue weighted by molar-refractivity contribution is -0.175. The zero-order valence-corrected chi connectivity index (χ0v) is 29.3. The topological polar surface area (TPSA) is 88.1 Å². The van der Waals surface area contributed by atoms with Gasteiger partial charge in [0.15, 0.2) is 0 Å². The lowest BCUT2D eigenvalue weighted by atomic mass is 9.65. The van der Waals surface area contributed by atoms with Crippen molar-refractivity contribution in [3.8, 4) is 5.75 Å². The average molecular weight is 637 g/mol. The van der Waals surface area contributed by atoms with Crippen LogP contribution in [0.15, 0.2) is 42.0 Å². The molecule has 7 heteroatoms. The van der Waals surface area contributed by atoms with E-state index >= 15 is 0 Å². The summed E-state index contributed by atoms with van der Waals surface area (Å²) < 4.78 is 23.9. The number of aryl methyl sites for hydroxylation is 2. The summed E-state index contributed by atoms with van der Waals surface area (Å²) in [6.45, 7) is 16.7. The molecule has 46 heavy (non-hydrogen) atoms. The molecule has 8 atom stereocenters. The number of hydrogen-bond donors (Lipinski definition) is 0. The molecule has 1 aromatic carbocycles. The average Bonchev–Trinajstić information content (AvgIpc) is 2.99. The first-order valence-corrected chi connectivity index (χ1v) is 17.5. The number of cyclic esters (lactones) is 1. The Morgan fingerprint density at radius 2 is 1.85 bits per heavy atom. The van der Waals surface area contributed by atoms with E-state index in [1.165, 1.54) is 5.57 Å². The number of ether oxygens (including phenoxy) is 4. The monoisotopic (exact) mass is 636 g/mol. The quantitative estimate of drug-likeness (QED) is 0.122. The first-order valence-electron chi connectivity index (χ1n) is 17.5. The van der Waals surface area contributed by atoms with E-state index in [1.54, 1.807) is 0 Å². The minimum atomic E-state index is -0.700. The Bertz CT molecular complexity index is 1290. The SMILES string of the molecule is CC[C@H](C)C(=O)O[C@H]1C[C@@H](C)C=C2C=C[C@H](C)[C@H](CC[C@H]3C[C@@H](OC(=O)C(C)(C)CCCOc4cc(C)ccc4C)CC(=O)O3)[C@H]21. The van der Waals surface area contributed by atoms with Gasteiger partial charge in [0, 0.05) is 12.3 Å². The smallest absolute Gasteiger partial charge is 0.311 e. The highest BCUT2D eigenvalue weighted by Gasteiger charge is 2.43. The molecule has 0 N–H and O–H groups in total. The van der Waals surface area contributed by atoms with Gasteiger partial charge in [0.05, 0.1) is 24.4 Å². The Morgan fingerprint density at radius 1 is 1.09 bits per heavy atom. The Balaban J connectivity index is 1.32. The van der Waals surface area contributed by atoms with Gasteiger partial charge in [0.2, 0.25) is 0 Å². The van der Waals surface area contributed by atoms with Gasteiger partial charge in [-0.15, -0.1) is 0 Å². The molecule has 1 fully saturated rings. The van der Waals surface area contributed by atoms with E-state index in [0.29, 0.717) is 44.1 Å². The molecule has 1 saturated heterocycles. The maximum absolute atomic E-state index is 13.3. The minimum absolute atomic E-state index is 0.0810. The van der Waals surface area contributed by atoms with Gasteiger partial charge in [-0.2, -0.15) is 0 Å². The number of carbonyl (C=O) groups excluding carboxylic acids is 3. The van der Waals surface area contributed by atoms with Crippen molar-refractivity contribution >= 4 is 17.9 Å². The van der Waals surface area contributed by atoms with Crippen LogP contribution in [-0.2, 0) is 28.6 Å². The number of benzene rings is 1. The molecule has 0 aromatic heterocycles. The van der Waals surface area contributed by atoms with Gasteiger partial charge in [-0.25, -0.2) is 0 Å². The standard InChI is InChI=1S/C39H56O7/c1-9-26(4)37(41)46-34-21-25(3)19-29-14-13-27(5)32(36(29)34)16-15-30-22-31(23-35(40)44-30)45-38(42)39(7,8)17-10-18-43-33-20-24(2)11-12-28(33)6/h11-14,19-20,25-27,30-32,34,36H,9-10,15-18,21-23H2,1-8H3/t25-,26-,27-,30-,31+,32-,34-,36-/m0/s1. The predicted molar refractivity (Wildman–Crippen MR) is 179 cm³/mol. The van der Waals surface area contributed by atoms with Gasteiger partial charge >= 0.3 is 17.9 Å². The van der Waals surface area contributed by atoms with Gasteiger partial charge in [-0.05, 0) is 107 Å². The fourth-order valence-electron chi connectivity index (χ4n) is 7.11. The van der Waals surface area contributed by atoms with Crippen molar-refractivity contribution in [2.75, 3.05) is 6.61 Å². The Labute approximate surface area is 276 Å². The van der Waals surface area contributed by atoms with Gasteiger partial charge in [-0.1, -0.05) is 58.1 Å². The third-order valence-electron chi connectivity index (χ3n) is 10.3. The van der Waals surface area contributed by atoms with Crippen molar-refractivity contribution in [3.63, 3.8) is 0 Å². The highest BCUT2D eigenvalue weighted by Crippen LogP contribution is 2.45. The third kappa shape index (κ3) is 9.25. The van der Waals surface area contributed by atoms with E-state index in [0.717, 1.165) is 36.1 Å². The van der Waals surface area contributed by atoms with Crippen molar-refractivity contribution in [1.82, 2.24) is 0 Å². The first-order chi connectivity index (χ1) is 21.8. The van der Waals surface area contributed by atoms with Crippen LogP contribution in [0.5, 0.6) is 5.75 Å². The molecule has 1 heterocycles. The van der Waals surface area contributed by atoms with Gasteiger partial charge < -0.3 is 18.9 Å². The second-order valence-electron chi connectivity index (χ2n) is 14.8. The van der Waals surface area contributed by atoms with E-state index in [2.05, 4.69) is 38.1 Å². The van der Waals surface area contributed by atoms with Crippen LogP contribution in [0.1, 0.15) is 104 Å². The Hall–Kier alpha value is -3.09. The zero-order valence-electron chi connectivity index (χ0n) is 29.3. The van der Waals surface area contributed by atoms with Crippen LogP contribution in [-0.4, -0.2) is 42.8 Å². The van der Waals surface area contributed by atoms with E-state index in [4.69, 9.17) is 18.9 Å². The minimum Gasteiger partial charge on any atom is -0.493 e. The van der Waals surface area contributed by atoms with E-state index < -0.39 is 11.5 Å². The Morgan fingerprint density at radius 3 is 2.59 bits per heavy atom. The van der Waals surface area contributed by atoms with Crippen LogP contribution < -0.4 is 4.74 Å². The largest absolute Gasteiger partial charge is 0.493 e. The number of fused-ring (bicyclic) bond motifs is 1. The molecule has 0 saturated carbocycles. The molecule has 0 bridgehead atoms. The number of esters is 3. The molecule has 1 aromatic rings. The summed E-state index contributed by atoms with van der Waals surface area (Å²) >= 11 is 0. The fraction of sp³-hybridized carbons (Fsp3) is 0.667. The number of allylic oxidation sites excluding steroid dienone is 3. The van der Waals surface area contributed by atoms with Crippen LogP contribution in [0.3, 0.4) is 0 Å². The molecule has 0 amide bonds. The van der Waals surface area contributed by atoms with Crippen molar-refractivity contribution < 1.29 is 33.3 Å². The van der Waals surface area contributed by atoms with Crippen LogP contribution >= 0.6 is 0 Å². The predicted octanol–water partition coefficient (Wildman–Crippen LogP) is 8.25. The number of rotatable bonds is 13. The van der Waals surface area contributed by atoms with E-state index in [1.807, 2.05) is 53.7 Å². The molecule has 254 valence electrons. The van der Waals surface area contributed by atoms with Crippen molar-refractivity contribution in [2.45, 2.75) is 125 Å². The first kappa shape index (κ1) is 35.8. The lowest BCUT2D eigenvalue weighted by Gasteiger charge is -2.43. The Kier molecular flexibility index (Phi) is 12.2. The maximum atomic E-state index is 13.3. The molecule has 3 aliphatic rings. The van der Waals surface area contributed by atoms with E-state index in [9.17, 15) is 14.4 Å². The molecular weight excluding hydrogens is 580 g/mol. The molecule has 4 rings (SSSR count). The summed E-state index contributed by atoms with van der Waals surface area (Å²) in [5.74, 6) is 1.03. The number of hydrogen-bond acceptors (Lipinski definition) is 7. The van der Waals surface area contributed by atoms with Crippen LogP contribution in [0.4, 0.5) is 0 Å². The summed E-state index contributed by atoms with van der Waals surface area (Å²) in [5.41, 5.74) is 2.79. The highest BCUT2D eigenvalue weighted by molar-refractivity contribution is 5.77. The molecule has 0 unspecified atom stereocenters. The highest BCUT2D eigenvalue weighted by atomic mass is 16.6. The zero-order chi connectivity index (χ0) is 33.6. The van der Waals surface area contributed by atoms with Gasteiger partial charge in [0.25, 0.3) is 0 Å². The fourth-order valence-corrected chi connectivity index (χ4v) is 7.11. The summed E-state index contributed by atoms with van der Waals surface area (Å²) in [7, 11) is 0. The number of carbonyl (C=O) groups is 3. The summed E-state index contributed by atoms with van der Waals surface area (Å²) in [4.78, 5) is 38.8. The molecule has 2 aliphatic carbocycles. The summed E-state index contributed by atoms with van der Waals surface area (Å²) in [5, 5.41) is 0. The van der Waals surface area contributed by atoms with Crippen molar-refractivity contribution in [2.24, 2.45) is 35.0 Å². The van der Waals surface area contributed by atoms with Gasteiger partial charge in [-0.3, -0.25) is 14.4 Å². The molecule has 0 radical (unpaired) electrons. The molecule has 0 spiro atoms. The summed E-state index contributed by atoms with van der Waals surface area (Å²) in [6.07, 6.45) is 10.8. The second-order valence-corrected chi connectivity index (χ2v) is 14.8. The molecular formula is C39H56O7. The van der Waals surface area contributed by atoms with Crippen LogP contribution in [0.2, 0.25) is 0 Å². The van der Waals surface area contributed by atoms with Crippen molar-refractivity contribution in [3.05, 3.63) is 53.1 Å². The molecule has 1 aliphatic heterocycles. The normalized spacial score (nSPS) is 28.4. The second kappa shape index (κ2) is 15.7. The lowest BCUT2D eigenvalue weighted by Crippen LogP contribution is -2.42. The van der Waals surface area contributed by atoms with Gasteiger partial charge in [0.1, 0.15) is 24.1 Å². The molecule has 7 nitrogen and oxygen atoms in total. The summed E-state index contributed by atoms with van der Waals surface area (Å²) in [6, 6.07) is 6.15. The van der Waals surface area contributed by atoms with Crippen LogP contribution in [0.25, 0.3) is 0 Å².